The summed E-state index contributed by atoms with van der Waals surface area (Å²) in [5.41, 5.74) is 0.214. The molecule has 0 bridgehead atoms. The number of rotatable bonds is 6. The van der Waals surface area contributed by atoms with Crippen molar-refractivity contribution in [1.29, 1.82) is 0 Å². The Morgan fingerprint density at radius 3 is 2.81 bits per heavy atom. The Balaban J connectivity index is 2.55. The number of nitrogens with zero attached hydrogens (tertiary/aromatic N) is 1. The summed E-state index contributed by atoms with van der Waals surface area (Å²) in [6.45, 7) is 4.96. The maximum atomic E-state index is 10.7. The van der Waals surface area contributed by atoms with Gasteiger partial charge >= 0.3 is 5.97 Å². The van der Waals surface area contributed by atoms with Gasteiger partial charge in [0.2, 0.25) is 0 Å². The van der Waals surface area contributed by atoms with Crippen molar-refractivity contribution in [3.63, 3.8) is 0 Å². The molecule has 1 unspecified atom stereocenters. The average molecular weight is 225 g/mol. The molecular weight excluding hydrogens is 206 g/mol. The Morgan fingerprint density at radius 2 is 2.31 bits per heavy atom. The van der Waals surface area contributed by atoms with Crippen LogP contribution in [0.3, 0.4) is 0 Å². The minimum atomic E-state index is -0.945. The zero-order valence-electron chi connectivity index (χ0n) is 10.1. The summed E-state index contributed by atoms with van der Waals surface area (Å²) in [5.74, 6) is -0.248. The summed E-state index contributed by atoms with van der Waals surface area (Å²) in [4.78, 5) is 12.8. The predicted octanol–water partition coefficient (Wildman–Crippen LogP) is 2.60. The van der Waals surface area contributed by atoms with E-state index in [1.54, 1.807) is 6.07 Å². The highest BCUT2D eigenvalue weighted by molar-refractivity contribution is 5.87. The molecule has 4 heteroatoms. The fraction of sp³-hybridized carbons (Fsp3) is 0.583. The van der Waals surface area contributed by atoms with Gasteiger partial charge in [0.1, 0.15) is 12.0 Å². The van der Waals surface area contributed by atoms with Crippen molar-refractivity contribution in [2.24, 2.45) is 0 Å². The van der Waals surface area contributed by atoms with Crippen molar-refractivity contribution >= 4 is 5.97 Å². The highest BCUT2D eigenvalue weighted by Crippen LogP contribution is 2.13. The Hall–Kier alpha value is -1.29. The van der Waals surface area contributed by atoms with Crippen molar-refractivity contribution in [3.05, 3.63) is 23.7 Å². The van der Waals surface area contributed by atoms with E-state index in [0.717, 1.165) is 12.8 Å². The second kappa shape index (κ2) is 5.70. The molecule has 0 spiro atoms. The lowest BCUT2D eigenvalue weighted by Gasteiger charge is -2.22. The molecule has 16 heavy (non-hydrogen) atoms. The molecule has 1 atom stereocenters. The summed E-state index contributed by atoms with van der Waals surface area (Å²) >= 11 is 0. The van der Waals surface area contributed by atoms with Gasteiger partial charge in [0, 0.05) is 6.04 Å². The van der Waals surface area contributed by atoms with Gasteiger partial charge < -0.3 is 9.52 Å². The van der Waals surface area contributed by atoms with Gasteiger partial charge in [-0.2, -0.15) is 0 Å². The molecule has 0 aliphatic carbocycles. The van der Waals surface area contributed by atoms with Gasteiger partial charge in [-0.25, -0.2) is 4.79 Å². The van der Waals surface area contributed by atoms with Crippen LogP contribution in [0.5, 0.6) is 0 Å². The van der Waals surface area contributed by atoms with E-state index in [1.165, 1.54) is 6.26 Å². The molecule has 4 nitrogen and oxygen atoms in total. The van der Waals surface area contributed by atoms with Crippen molar-refractivity contribution in [1.82, 2.24) is 4.90 Å². The molecule has 1 heterocycles. The highest BCUT2D eigenvalue weighted by atomic mass is 16.4. The van der Waals surface area contributed by atoms with Crippen molar-refractivity contribution in [2.45, 2.75) is 39.3 Å². The van der Waals surface area contributed by atoms with E-state index >= 15 is 0 Å². The molecule has 0 radical (unpaired) electrons. The van der Waals surface area contributed by atoms with E-state index in [0.29, 0.717) is 18.3 Å². The highest BCUT2D eigenvalue weighted by Gasteiger charge is 2.13. The molecular formula is C12H19NO3. The standard InChI is InChI=1S/C12H19NO3/c1-4-5-9(2)13(3)7-11-6-10(8-16-11)12(14)15/h6,8-9H,4-5,7H2,1-3H3,(H,14,15). The maximum absolute atomic E-state index is 10.7. The van der Waals surface area contributed by atoms with Crippen LogP contribution in [0.15, 0.2) is 16.7 Å². The number of carbonyl (C=O) groups is 1. The second-order valence-electron chi connectivity index (χ2n) is 4.16. The van der Waals surface area contributed by atoms with Gasteiger partial charge in [-0.1, -0.05) is 13.3 Å². The largest absolute Gasteiger partial charge is 0.478 e. The molecule has 0 saturated carbocycles. The number of carboxylic acids is 1. The van der Waals surface area contributed by atoms with E-state index in [4.69, 9.17) is 9.52 Å². The summed E-state index contributed by atoms with van der Waals surface area (Å²) in [5, 5.41) is 8.75. The SMILES string of the molecule is CCCC(C)N(C)Cc1cc(C(=O)O)co1. The average Bonchev–Trinajstić information content (AvgIpc) is 2.66. The normalized spacial score (nSPS) is 13.0. The van der Waals surface area contributed by atoms with Crippen LogP contribution in [0.25, 0.3) is 0 Å². The third-order valence-corrected chi connectivity index (χ3v) is 2.76. The number of hydrogen-bond donors (Lipinski definition) is 1. The third-order valence-electron chi connectivity index (χ3n) is 2.76. The summed E-state index contributed by atoms with van der Waals surface area (Å²) < 4.78 is 5.20. The lowest BCUT2D eigenvalue weighted by atomic mass is 10.1. The zero-order valence-corrected chi connectivity index (χ0v) is 10.1. The number of furan rings is 1. The van der Waals surface area contributed by atoms with Crippen LogP contribution >= 0.6 is 0 Å². The Kier molecular flexibility index (Phi) is 4.55. The fourth-order valence-corrected chi connectivity index (χ4v) is 1.62. The first-order chi connectivity index (χ1) is 7.54. The van der Waals surface area contributed by atoms with Crippen LogP contribution < -0.4 is 0 Å². The van der Waals surface area contributed by atoms with Crippen LogP contribution in [-0.2, 0) is 6.54 Å². The topological polar surface area (TPSA) is 53.7 Å². The smallest absolute Gasteiger partial charge is 0.338 e. The van der Waals surface area contributed by atoms with Gasteiger partial charge in [0.15, 0.2) is 0 Å². The molecule has 1 rings (SSSR count). The second-order valence-corrected chi connectivity index (χ2v) is 4.16. The van der Waals surface area contributed by atoms with Gasteiger partial charge in [-0.3, -0.25) is 4.90 Å². The van der Waals surface area contributed by atoms with Gasteiger partial charge in [-0.15, -0.1) is 0 Å². The number of aromatic carboxylic acids is 1. The molecule has 1 aromatic rings. The summed E-state index contributed by atoms with van der Waals surface area (Å²) in [6, 6.07) is 2.06. The van der Waals surface area contributed by atoms with E-state index in [9.17, 15) is 4.79 Å². The van der Waals surface area contributed by atoms with Crippen LogP contribution in [0.1, 0.15) is 42.8 Å². The Morgan fingerprint density at radius 1 is 1.62 bits per heavy atom. The molecule has 0 amide bonds. The first-order valence-corrected chi connectivity index (χ1v) is 5.55. The molecule has 0 aromatic carbocycles. The van der Waals surface area contributed by atoms with E-state index in [2.05, 4.69) is 18.7 Å². The van der Waals surface area contributed by atoms with Crippen LogP contribution in [-0.4, -0.2) is 29.1 Å². The molecule has 1 N–H and O–H groups in total. The monoisotopic (exact) mass is 225 g/mol. The van der Waals surface area contributed by atoms with E-state index in [1.807, 2.05) is 7.05 Å². The predicted molar refractivity (Wildman–Crippen MR) is 61.5 cm³/mol. The van der Waals surface area contributed by atoms with Crippen LogP contribution in [0.4, 0.5) is 0 Å². The Labute approximate surface area is 95.9 Å². The Bertz CT molecular complexity index is 346. The molecule has 90 valence electrons. The molecule has 1 aromatic heterocycles. The molecule has 0 fully saturated rings. The molecule has 0 saturated heterocycles. The summed E-state index contributed by atoms with van der Waals surface area (Å²) in [6.07, 6.45) is 3.56. The lowest BCUT2D eigenvalue weighted by molar-refractivity contribution is 0.0696. The van der Waals surface area contributed by atoms with E-state index in [-0.39, 0.29) is 5.56 Å². The molecule has 0 aliphatic rings. The molecule has 0 aliphatic heterocycles. The zero-order chi connectivity index (χ0) is 12.1. The van der Waals surface area contributed by atoms with Gasteiger partial charge in [-0.05, 0) is 26.5 Å². The third kappa shape index (κ3) is 3.38. The summed E-state index contributed by atoms with van der Waals surface area (Å²) in [7, 11) is 2.02. The minimum absolute atomic E-state index is 0.214. The first-order valence-electron chi connectivity index (χ1n) is 5.55. The van der Waals surface area contributed by atoms with Gasteiger partial charge in [0.25, 0.3) is 0 Å². The van der Waals surface area contributed by atoms with Crippen LogP contribution in [0, 0.1) is 0 Å². The lowest BCUT2D eigenvalue weighted by Crippen LogP contribution is -2.28. The fourth-order valence-electron chi connectivity index (χ4n) is 1.62. The first kappa shape index (κ1) is 12.8. The maximum Gasteiger partial charge on any atom is 0.338 e. The van der Waals surface area contributed by atoms with Crippen LogP contribution in [0.2, 0.25) is 0 Å². The van der Waals surface area contributed by atoms with Crippen molar-refractivity contribution in [3.8, 4) is 0 Å². The van der Waals surface area contributed by atoms with E-state index < -0.39 is 5.97 Å². The van der Waals surface area contributed by atoms with Gasteiger partial charge in [0.05, 0.1) is 12.1 Å². The minimum Gasteiger partial charge on any atom is -0.478 e. The number of carboxylic acid groups (broad SMARTS) is 1. The quantitative estimate of drug-likeness (QED) is 0.808. The van der Waals surface area contributed by atoms with Crippen molar-refractivity contribution in [2.75, 3.05) is 7.05 Å². The number of hydrogen-bond acceptors (Lipinski definition) is 3. The van der Waals surface area contributed by atoms with Crippen molar-refractivity contribution < 1.29 is 14.3 Å².